The van der Waals surface area contributed by atoms with Crippen LogP contribution in [-0.2, 0) is 14.4 Å². The number of nitrogens with zero attached hydrogens (tertiary/aromatic N) is 1. The quantitative estimate of drug-likeness (QED) is 0.623. The third-order valence-corrected chi connectivity index (χ3v) is 10.4. The first kappa shape index (κ1) is 21.0. The van der Waals surface area contributed by atoms with Gasteiger partial charge in [0.1, 0.15) is 5.75 Å². The zero-order valence-electron chi connectivity index (χ0n) is 17.7. The van der Waals surface area contributed by atoms with Crippen LogP contribution in [0, 0.1) is 29.6 Å². The lowest BCUT2D eigenvalue weighted by Crippen LogP contribution is -2.42. The van der Waals surface area contributed by atoms with E-state index in [9.17, 15) is 19.2 Å². The molecule has 0 spiro atoms. The van der Waals surface area contributed by atoms with Crippen molar-refractivity contribution in [3.63, 3.8) is 0 Å². The molecule has 6 rings (SSSR count). The number of H-pyrrole nitrogens is 1. The third kappa shape index (κ3) is 2.96. The van der Waals surface area contributed by atoms with Crippen molar-refractivity contribution in [1.82, 2.24) is 9.88 Å². The van der Waals surface area contributed by atoms with Crippen molar-refractivity contribution in [3.8, 4) is 5.75 Å². The Hall–Kier alpha value is -2.59. The van der Waals surface area contributed by atoms with Crippen molar-refractivity contribution < 1.29 is 24.2 Å². The third-order valence-electron chi connectivity index (χ3n) is 7.84. The number of benzene rings is 1. The summed E-state index contributed by atoms with van der Waals surface area (Å²) in [5.41, 5.74) is 1.08. The number of likely N-dealkylation sites (tertiary alicyclic amines) is 1. The van der Waals surface area contributed by atoms with E-state index in [1.165, 1.54) is 16.2 Å². The maximum atomic E-state index is 13.3. The van der Waals surface area contributed by atoms with E-state index in [0.717, 1.165) is 27.6 Å². The van der Waals surface area contributed by atoms with Crippen LogP contribution in [0.4, 0.5) is 0 Å². The SMILES string of the molecule is COc1ccc([C@H]2c3sc(=O)[nH]c3SC3C4CC(C5C(=O)N(CCC(=O)O)C(=O)C45)C32)cc1. The zero-order chi connectivity index (χ0) is 23.0. The Morgan fingerprint density at radius 1 is 1.15 bits per heavy atom. The molecule has 10 heteroatoms. The van der Waals surface area contributed by atoms with E-state index in [0.29, 0.717) is 0 Å². The Kier molecular flexibility index (Phi) is 4.74. The predicted octanol–water partition coefficient (Wildman–Crippen LogP) is 2.39. The summed E-state index contributed by atoms with van der Waals surface area (Å²) in [5, 5.41) is 10.0. The molecule has 2 saturated carbocycles. The van der Waals surface area contributed by atoms with Gasteiger partial charge in [0.25, 0.3) is 0 Å². The molecule has 2 bridgehead atoms. The number of carbonyl (C=O) groups is 3. The summed E-state index contributed by atoms with van der Waals surface area (Å²) in [7, 11) is 1.62. The van der Waals surface area contributed by atoms with Crippen LogP contribution in [0.1, 0.15) is 29.2 Å². The summed E-state index contributed by atoms with van der Waals surface area (Å²) in [6.07, 6.45) is 0.578. The van der Waals surface area contributed by atoms with Crippen molar-refractivity contribution in [2.45, 2.75) is 29.0 Å². The molecule has 33 heavy (non-hydrogen) atoms. The smallest absolute Gasteiger partial charge is 0.305 e. The summed E-state index contributed by atoms with van der Waals surface area (Å²) in [6, 6.07) is 7.87. The largest absolute Gasteiger partial charge is 0.497 e. The van der Waals surface area contributed by atoms with Crippen LogP contribution in [0.5, 0.6) is 5.75 Å². The van der Waals surface area contributed by atoms with Gasteiger partial charge in [0, 0.05) is 22.6 Å². The molecule has 8 nitrogen and oxygen atoms in total. The average molecular weight is 487 g/mol. The second-order valence-corrected chi connectivity index (χ2v) is 11.4. The first-order valence-electron chi connectivity index (χ1n) is 11.0. The van der Waals surface area contributed by atoms with Crippen LogP contribution >= 0.6 is 23.1 Å². The molecule has 2 aromatic rings. The maximum absolute atomic E-state index is 13.3. The molecular formula is C23H22N2O6S2. The fourth-order valence-corrected chi connectivity index (χ4v) is 9.58. The maximum Gasteiger partial charge on any atom is 0.305 e. The number of aliphatic carboxylic acids is 1. The van der Waals surface area contributed by atoms with Crippen molar-refractivity contribution in [1.29, 1.82) is 0 Å². The molecule has 2 amide bonds. The molecule has 0 radical (unpaired) electrons. The number of thiazole rings is 1. The standard InChI is InChI=1S/C23H22N2O6S2/c1-31-10-4-2-9(3-5-10)14-15-11-8-12(18(15)32-20-19(14)33-23(30)24-20)17-16(11)21(28)25(22(17)29)7-6-13(26)27/h2-5,11-12,14-18H,6-8H2,1H3,(H,24,30)(H,26,27)/t11?,12?,14-,15?,16?,17?,18?/m1/s1. The number of aromatic amines is 1. The highest BCUT2D eigenvalue weighted by atomic mass is 32.2. The number of hydrogen-bond donors (Lipinski definition) is 2. The fraction of sp³-hybridized carbons (Fsp3) is 0.478. The van der Waals surface area contributed by atoms with Crippen LogP contribution in [0.15, 0.2) is 34.1 Å². The van der Waals surface area contributed by atoms with E-state index in [1.54, 1.807) is 18.9 Å². The van der Waals surface area contributed by atoms with Crippen molar-refractivity contribution >= 4 is 40.9 Å². The highest BCUT2D eigenvalue weighted by molar-refractivity contribution is 8.00. The van der Waals surface area contributed by atoms with E-state index >= 15 is 0 Å². The Bertz CT molecular complexity index is 1220. The highest BCUT2D eigenvalue weighted by Crippen LogP contribution is 2.68. The van der Waals surface area contributed by atoms with Gasteiger partial charge in [-0.1, -0.05) is 23.5 Å². The van der Waals surface area contributed by atoms with Gasteiger partial charge in [0.15, 0.2) is 0 Å². The zero-order valence-corrected chi connectivity index (χ0v) is 19.4. The van der Waals surface area contributed by atoms with E-state index < -0.39 is 11.9 Å². The molecule has 7 atom stereocenters. The number of hydrogen-bond acceptors (Lipinski definition) is 7. The number of fused-ring (bicyclic) bond motifs is 9. The van der Waals surface area contributed by atoms with Gasteiger partial charge in [-0.25, -0.2) is 0 Å². The number of rotatable bonds is 5. The first-order valence-corrected chi connectivity index (χ1v) is 12.7. The summed E-state index contributed by atoms with van der Waals surface area (Å²) < 4.78 is 5.31. The van der Waals surface area contributed by atoms with Crippen molar-refractivity contribution in [2.24, 2.45) is 29.6 Å². The number of carbonyl (C=O) groups excluding carboxylic acids is 2. The van der Waals surface area contributed by atoms with E-state index in [2.05, 4.69) is 4.98 Å². The lowest BCUT2D eigenvalue weighted by Gasteiger charge is -2.43. The monoisotopic (exact) mass is 486 g/mol. The Morgan fingerprint density at radius 3 is 2.52 bits per heavy atom. The van der Waals surface area contributed by atoms with E-state index in [-0.39, 0.29) is 64.5 Å². The Labute approximate surface area is 197 Å². The highest BCUT2D eigenvalue weighted by Gasteiger charge is 2.69. The summed E-state index contributed by atoms with van der Waals surface area (Å²) in [5.74, 6) is -1.32. The molecule has 1 aromatic carbocycles. The lowest BCUT2D eigenvalue weighted by atomic mass is 9.68. The van der Waals surface area contributed by atoms with Gasteiger partial charge in [-0.3, -0.25) is 24.1 Å². The first-order chi connectivity index (χ1) is 15.9. The Balaban J connectivity index is 1.40. The number of ether oxygens (including phenoxy) is 1. The summed E-state index contributed by atoms with van der Waals surface area (Å²) in [4.78, 5) is 54.9. The number of carboxylic acid groups (broad SMARTS) is 1. The second kappa shape index (κ2) is 7.46. The average Bonchev–Trinajstić information content (AvgIpc) is 3.52. The predicted molar refractivity (Wildman–Crippen MR) is 120 cm³/mol. The number of amides is 2. The minimum atomic E-state index is -1.02. The van der Waals surface area contributed by atoms with Crippen molar-refractivity contribution in [2.75, 3.05) is 13.7 Å². The van der Waals surface area contributed by atoms with Crippen LogP contribution in [-0.4, -0.2) is 51.7 Å². The van der Waals surface area contributed by atoms with E-state index in [1.807, 2.05) is 24.3 Å². The number of imide groups is 1. The number of carboxylic acids is 1. The van der Waals surface area contributed by atoms with Crippen LogP contribution in [0.2, 0.25) is 0 Å². The summed E-state index contributed by atoms with van der Waals surface area (Å²) in [6.45, 7) is -0.0650. The molecule has 2 N–H and O–H groups in total. The topological polar surface area (TPSA) is 117 Å². The molecule has 1 aromatic heterocycles. The molecule has 1 saturated heterocycles. The van der Waals surface area contributed by atoms with Gasteiger partial charge in [0.05, 0.1) is 30.4 Å². The molecule has 3 fully saturated rings. The number of methoxy groups -OCH3 is 1. The van der Waals surface area contributed by atoms with Gasteiger partial charge >= 0.3 is 10.8 Å². The Morgan fingerprint density at radius 2 is 1.85 bits per heavy atom. The van der Waals surface area contributed by atoms with E-state index in [4.69, 9.17) is 9.84 Å². The van der Waals surface area contributed by atoms with Crippen LogP contribution in [0.25, 0.3) is 0 Å². The van der Waals surface area contributed by atoms with Gasteiger partial charge in [-0.05, 0) is 41.9 Å². The minimum Gasteiger partial charge on any atom is -0.497 e. The number of thioether (sulfide) groups is 1. The summed E-state index contributed by atoms with van der Waals surface area (Å²) >= 11 is 2.87. The van der Waals surface area contributed by atoms with Gasteiger partial charge in [-0.2, -0.15) is 0 Å². The molecule has 3 heterocycles. The lowest BCUT2D eigenvalue weighted by molar-refractivity contribution is -0.142. The van der Waals surface area contributed by atoms with Gasteiger partial charge in [-0.15, -0.1) is 11.8 Å². The van der Waals surface area contributed by atoms with Crippen LogP contribution < -0.4 is 9.61 Å². The number of aromatic nitrogens is 1. The van der Waals surface area contributed by atoms with Crippen LogP contribution in [0.3, 0.4) is 0 Å². The molecule has 172 valence electrons. The fourth-order valence-electron chi connectivity index (χ4n) is 6.69. The molecule has 6 unspecified atom stereocenters. The molecule has 2 aliphatic heterocycles. The molecule has 4 aliphatic rings. The molecule has 2 aliphatic carbocycles. The molecular weight excluding hydrogens is 464 g/mol. The van der Waals surface area contributed by atoms with Crippen molar-refractivity contribution in [3.05, 3.63) is 44.4 Å². The number of nitrogens with one attached hydrogen (secondary N) is 1. The second-order valence-electron chi connectivity index (χ2n) is 9.21. The minimum absolute atomic E-state index is 0.0289. The van der Waals surface area contributed by atoms with Gasteiger partial charge < -0.3 is 14.8 Å². The normalized spacial score (nSPS) is 33.7. The van der Waals surface area contributed by atoms with Gasteiger partial charge in [0.2, 0.25) is 11.8 Å².